The van der Waals surface area contributed by atoms with Crippen molar-refractivity contribution in [3.8, 4) is 57.1 Å². The number of halogens is 8. The summed E-state index contributed by atoms with van der Waals surface area (Å²) in [5, 5.41) is 0. The third-order valence-electron chi connectivity index (χ3n) is 15.4. The number of benzene rings is 8. The highest BCUT2D eigenvalue weighted by atomic mass is 19.4. The van der Waals surface area contributed by atoms with Gasteiger partial charge in [-0.15, -0.1) is 0 Å². The molecule has 24 heteroatoms. The van der Waals surface area contributed by atoms with Crippen LogP contribution in [0.25, 0.3) is 11.1 Å². The van der Waals surface area contributed by atoms with Gasteiger partial charge >= 0.3 is 60.1 Å². The zero-order chi connectivity index (χ0) is 79.8. The zero-order valence-corrected chi connectivity index (χ0v) is 58.5. The van der Waals surface area contributed by atoms with Gasteiger partial charge in [-0.2, -0.15) is 30.7 Å². The first-order valence-corrected chi connectivity index (χ1v) is 31.5. The van der Waals surface area contributed by atoms with Crippen molar-refractivity contribution in [3.63, 3.8) is 0 Å². The molecule has 107 heavy (non-hydrogen) atoms. The molecule has 0 amide bonds. The molecule has 0 atom stereocenters. The number of rotatable bonds is 23. The molecule has 0 saturated carbocycles. The second kappa shape index (κ2) is 37.4. The Morgan fingerprint density at radius 3 is 0.738 bits per heavy atom. The van der Waals surface area contributed by atoms with Crippen molar-refractivity contribution in [2.75, 3.05) is 0 Å². The average Bonchev–Trinajstić information content (AvgIpc) is 0.716. The first-order chi connectivity index (χ1) is 50.3. The Hall–Kier alpha value is -13.1. The second-order valence-corrected chi connectivity index (χ2v) is 23.5. The number of carbonyl (C=O) groups is 8. The van der Waals surface area contributed by atoms with E-state index in [-0.39, 0.29) is 33.6 Å². The second-order valence-electron chi connectivity index (χ2n) is 23.5. The van der Waals surface area contributed by atoms with Crippen molar-refractivity contribution in [1.29, 1.82) is 0 Å². The molecule has 0 aliphatic rings. The maximum Gasteiger partial charge on any atom is 0.411 e. The topological polar surface area (TPSA) is 210 Å². The molecular weight excluding hydrogens is 1400 g/mol. The van der Waals surface area contributed by atoms with Crippen molar-refractivity contribution < 1.29 is 111 Å². The van der Waals surface area contributed by atoms with Crippen LogP contribution in [0, 0.1) is 11.6 Å². The summed E-state index contributed by atoms with van der Waals surface area (Å²) in [6, 6.07) is 43.1. The lowest BCUT2D eigenvalue weighted by atomic mass is 9.73. The number of hydrogen-bond donors (Lipinski definition) is 0. The van der Waals surface area contributed by atoms with E-state index < -0.39 is 94.0 Å². The fourth-order valence-corrected chi connectivity index (χ4v) is 9.48. The van der Waals surface area contributed by atoms with Crippen LogP contribution in [0.2, 0.25) is 0 Å². The van der Waals surface area contributed by atoms with E-state index in [9.17, 15) is 73.5 Å². The number of carbonyl (C=O) groups excluding carboxylic acids is 8. The van der Waals surface area contributed by atoms with Gasteiger partial charge in [-0.3, -0.25) is 0 Å². The molecular formula is C83H70F8O16. The highest BCUT2D eigenvalue weighted by molar-refractivity contribution is 5.90. The Labute approximate surface area is 611 Å². The van der Waals surface area contributed by atoms with Crippen LogP contribution in [-0.2, 0) is 54.6 Å². The molecule has 0 radical (unpaired) electrons. The van der Waals surface area contributed by atoms with Gasteiger partial charge < -0.3 is 37.9 Å². The summed E-state index contributed by atoms with van der Waals surface area (Å²) in [6.45, 7) is 38.2. The number of alkyl halides is 6. The van der Waals surface area contributed by atoms with Crippen molar-refractivity contribution in [2.45, 2.75) is 70.1 Å². The van der Waals surface area contributed by atoms with E-state index in [4.69, 9.17) is 33.2 Å². The van der Waals surface area contributed by atoms with Gasteiger partial charge in [0.05, 0.1) is 0 Å². The molecule has 0 heterocycles. The molecule has 554 valence electrons. The molecule has 0 unspecified atom stereocenters. The summed E-state index contributed by atoms with van der Waals surface area (Å²) in [5.74, 6) is -6.65. The first kappa shape index (κ1) is 84.5. The van der Waals surface area contributed by atoms with Gasteiger partial charge in [0.15, 0.2) is 11.6 Å². The van der Waals surface area contributed by atoms with Gasteiger partial charge in [-0.25, -0.2) is 42.7 Å². The molecule has 0 saturated heterocycles. The predicted molar refractivity (Wildman–Crippen MR) is 383 cm³/mol. The SMILES string of the molecule is C=C(C)C(=O)Oc1ccc(C(C)(C)c2ccc(OC(=O)C(=C)C)cc2)cc1.C=CC(=O)Oc1ccc(-c2ccc(OC(=O)C=C)c(F)c2F)cc1.C=CC(=O)Oc1ccc(C(C)(C)c2ccc(OC(=O)C=C)cc2)cc1.C=CC(=O)Oc1ccc(C(c2ccc(OC(=O)C=C)cc2)(C(F)(F)F)C(F)(F)F)cc1. The lowest BCUT2D eigenvalue weighted by molar-refractivity contribution is -0.288. The Morgan fingerprint density at radius 2 is 0.514 bits per heavy atom. The van der Waals surface area contributed by atoms with Crippen LogP contribution in [0.4, 0.5) is 35.1 Å². The fourth-order valence-electron chi connectivity index (χ4n) is 9.48. The number of esters is 8. The maximum absolute atomic E-state index is 14.2. The first-order valence-electron chi connectivity index (χ1n) is 31.5. The van der Waals surface area contributed by atoms with Gasteiger partial charge in [0, 0.05) is 64.0 Å². The van der Waals surface area contributed by atoms with Gasteiger partial charge in [0.25, 0.3) is 0 Å². The molecule has 0 bridgehead atoms. The fraction of sp³-hybridized carbons (Fsp3) is 0.133. The summed E-state index contributed by atoms with van der Waals surface area (Å²) < 4.78 is 152. The molecule has 8 aromatic rings. The minimum atomic E-state index is -5.80. The molecule has 8 aromatic carbocycles. The minimum Gasteiger partial charge on any atom is -0.423 e. The third kappa shape index (κ3) is 22.7. The monoisotopic (exact) mass is 1470 g/mol. The van der Waals surface area contributed by atoms with Gasteiger partial charge in [0.1, 0.15) is 40.2 Å². The van der Waals surface area contributed by atoms with E-state index >= 15 is 0 Å². The number of hydrogen-bond acceptors (Lipinski definition) is 16. The summed E-state index contributed by atoms with van der Waals surface area (Å²) in [7, 11) is 0. The average molecular weight is 1480 g/mol. The highest BCUT2D eigenvalue weighted by Crippen LogP contribution is 2.56. The minimum absolute atomic E-state index is 0.0347. The van der Waals surface area contributed by atoms with Crippen molar-refractivity contribution in [2.24, 2.45) is 0 Å². The molecule has 0 fully saturated rings. The Kier molecular flexibility index (Phi) is 29.5. The van der Waals surface area contributed by atoms with Crippen LogP contribution >= 0.6 is 0 Å². The molecule has 0 N–H and O–H groups in total. The lowest BCUT2D eigenvalue weighted by Gasteiger charge is -2.38. The Bertz CT molecular complexity index is 4410. The van der Waals surface area contributed by atoms with E-state index in [1.165, 1.54) is 30.3 Å². The molecule has 0 aliphatic carbocycles. The van der Waals surface area contributed by atoms with Crippen LogP contribution < -0.4 is 37.9 Å². The van der Waals surface area contributed by atoms with Crippen LogP contribution in [0.5, 0.6) is 46.0 Å². The van der Waals surface area contributed by atoms with E-state index in [1.54, 1.807) is 62.4 Å². The van der Waals surface area contributed by atoms with E-state index in [0.717, 1.165) is 89.0 Å². The summed E-state index contributed by atoms with van der Waals surface area (Å²) in [6.07, 6.45) is -5.94. The van der Waals surface area contributed by atoms with Crippen LogP contribution in [0.15, 0.2) is 282 Å². The smallest absolute Gasteiger partial charge is 0.411 e. The maximum atomic E-state index is 14.2. The van der Waals surface area contributed by atoms with Crippen molar-refractivity contribution in [1.82, 2.24) is 0 Å². The van der Waals surface area contributed by atoms with Gasteiger partial charge in [0.2, 0.25) is 11.2 Å². The lowest BCUT2D eigenvalue weighted by Crippen LogP contribution is -2.54. The van der Waals surface area contributed by atoms with E-state index in [0.29, 0.717) is 64.0 Å². The quantitative estimate of drug-likeness (QED) is 0.0252. The van der Waals surface area contributed by atoms with Gasteiger partial charge in [-0.1, -0.05) is 165 Å². The number of ether oxygens (including phenoxy) is 8. The van der Waals surface area contributed by atoms with Crippen LogP contribution in [0.1, 0.15) is 74.9 Å². The molecule has 0 spiro atoms. The molecule has 8 rings (SSSR count). The normalized spacial score (nSPS) is 10.9. The highest BCUT2D eigenvalue weighted by Gasteiger charge is 2.72. The van der Waals surface area contributed by atoms with E-state index in [2.05, 4.69) is 85.1 Å². The molecule has 16 nitrogen and oxygen atoms in total. The summed E-state index contributed by atoms with van der Waals surface area (Å²) in [4.78, 5) is 90.2. The summed E-state index contributed by atoms with van der Waals surface area (Å²) >= 11 is 0. The largest absolute Gasteiger partial charge is 0.423 e. The standard InChI is InChI=1S/C23H24O4.C21H14F6O4.C21H20O4.C18H12F2O4/c1-15(2)21(24)26-19-11-7-17(8-12-19)23(5,6)18-9-13-20(14-10-18)27-22(25)16(3)4;1-3-17(28)30-15-9-5-13(6-10-15)19(20(22,23)24,21(25,26)27)14-7-11-16(12-8-14)31-18(29)4-2;1-5-19(22)24-17-11-7-15(8-12-17)21(3,4)16-9-13-18(14-10-16)25-20(23)6-2;1-3-15(21)23-12-7-5-11(6-8-12)13-9-10-14(18(20)17(13)19)24-16(22)4-2/h7-14H,1,3H2,2,4-6H3;3-12H,1-2H2;5-14H,1-2H2,3-4H3;3-10H,1-2H2. The molecule has 0 aromatic heterocycles. The Balaban J connectivity index is 0.000000257. The molecule has 0 aliphatic heterocycles. The Morgan fingerprint density at radius 1 is 0.299 bits per heavy atom. The summed E-state index contributed by atoms with van der Waals surface area (Å²) in [5.41, 5.74) is -2.00. The third-order valence-corrected chi connectivity index (χ3v) is 15.4. The van der Waals surface area contributed by atoms with Crippen LogP contribution in [0.3, 0.4) is 0 Å². The zero-order valence-electron chi connectivity index (χ0n) is 58.5. The van der Waals surface area contributed by atoms with E-state index in [1.807, 2.05) is 48.5 Å². The van der Waals surface area contributed by atoms with Crippen LogP contribution in [-0.4, -0.2) is 60.1 Å². The van der Waals surface area contributed by atoms with Gasteiger partial charge in [-0.05, 0) is 150 Å². The predicted octanol–water partition coefficient (Wildman–Crippen LogP) is 18.3. The van der Waals surface area contributed by atoms with Crippen molar-refractivity contribution in [3.05, 3.63) is 327 Å². The van der Waals surface area contributed by atoms with Crippen molar-refractivity contribution >= 4 is 47.8 Å².